The summed E-state index contributed by atoms with van der Waals surface area (Å²) in [7, 11) is 1.76. The zero-order valence-electron chi connectivity index (χ0n) is 26.0. The summed E-state index contributed by atoms with van der Waals surface area (Å²) in [4.78, 5) is 35.1. The molecule has 5 rings (SSSR count). The van der Waals surface area contributed by atoms with E-state index in [1.165, 1.54) is 12.3 Å². The third-order valence-corrected chi connectivity index (χ3v) is 7.39. The third kappa shape index (κ3) is 7.75. The minimum Gasteiger partial charge on any atom is -0.376 e. The van der Waals surface area contributed by atoms with Gasteiger partial charge in [-0.25, -0.2) is 13.8 Å². The number of amides is 2. The lowest BCUT2D eigenvalue weighted by atomic mass is 10.0. The number of rotatable bonds is 9. The molecule has 1 saturated heterocycles. The lowest BCUT2D eigenvalue weighted by Crippen LogP contribution is -2.46. The lowest BCUT2D eigenvalue weighted by Gasteiger charge is -2.33. The molecule has 1 aliphatic heterocycles. The van der Waals surface area contributed by atoms with Gasteiger partial charge in [-0.3, -0.25) is 18.7 Å². The summed E-state index contributed by atoms with van der Waals surface area (Å²) >= 11 is 0. The predicted octanol–water partition coefficient (Wildman–Crippen LogP) is 4.25. The Balaban J connectivity index is 1.50. The van der Waals surface area contributed by atoms with Gasteiger partial charge in [0.05, 0.1) is 53.4 Å². The molecular formula is C29H33F5N10O3. The highest BCUT2D eigenvalue weighted by Crippen LogP contribution is 2.34. The summed E-state index contributed by atoms with van der Waals surface area (Å²) in [6.07, 6.45) is -3.13. The number of aromatic nitrogens is 6. The molecule has 4 aromatic heterocycles. The molecular weight excluding hydrogens is 631 g/mol. The summed E-state index contributed by atoms with van der Waals surface area (Å²) in [6.45, 7) is 9.10. The summed E-state index contributed by atoms with van der Waals surface area (Å²) < 4.78 is 78.1. The quantitative estimate of drug-likeness (QED) is 0.177. The number of hydrogen-bond donors (Lipinski definition) is 3. The van der Waals surface area contributed by atoms with Crippen LogP contribution in [0.25, 0.3) is 17.2 Å². The molecule has 0 unspecified atom stereocenters. The standard InChI is InChI=1S/C29H33F5N10O3/c1-15(30)26(45)37-17-8-20(38-19-6-7-42(5)14-18(19)31)25-40-23(21(43(25)13-17)9-29(32,33)34)24-39-22(47-41-24)11-35-27(46)16-10-36-44(12-16)28(2,3)4/h8,10,12-13,18-19,38H,1,6-7,9,11,14H2,2-5H3,(H,35,46)(H,37,45)/t18-,19+/m0/s1. The number of pyridine rings is 1. The van der Waals surface area contributed by atoms with Crippen molar-refractivity contribution in [2.45, 2.75) is 64.1 Å². The van der Waals surface area contributed by atoms with E-state index >= 15 is 0 Å². The second-order valence-electron chi connectivity index (χ2n) is 12.3. The van der Waals surface area contributed by atoms with Crippen LogP contribution in [-0.4, -0.2) is 84.5 Å². The van der Waals surface area contributed by atoms with Crippen molar-refractivity contribution in [3.63, 3.8) is 0 Å². The van der Waals surface area contributed by atoms with E-state index in [9.17, 15) is 31.5 Å². The van der Waals surface area contributed by atoms with E-state index in [0.717, 1.165) is 10.6 Å². The summed E-state index contributed by atoms with van der Waals surface area (Å²) in [5.74, 6) is -3.46. The molecule has 1 fully saturated rings. The number of hydrogen-bond acceptors (Lipinski definition) is 9. The van der Waals surface area contributed by atoms with Gasteiger partial charge in [0.25, 0.3) is 11.8 Å². The molecule has 18 heteroatoms. The van der Waals surface area contributed by atoms with Crippen LogP contribution in [0.4, 0.5) is 33.3 Å². The first-order valence-electron chi connectivity index (χ1n) is 14.5. The number of nitrogens with zero attached hydrogens (tertiary/aromatic N) is 7. The summed E-state index contributed by atoms with van der Waals surface area (Å²) in [6, 6.07) is 0.577. The van der Waals surface area contributed by atoms with Gasteiger partial charge in [0.15, 0.2) is 11.5 Å². The smallest absolute Gasteiger partial charge is 0.376 e. The summed E-state index contributed by atoms with van der Waals surface area (Å²) in [5.41, 5.74) is -0.915. The minimum atomic E-state index is -4.74. The SMILES string of the molecule is C=C(F)C(=O)Nc1cc(N[C@@H]2CCN(C)C[C@@H]2F)c2nc(-c3noc(CNC(=O)c4cnn(C(C)(C)C)c4)n3)c(CC(F)(F)F)n2c1. The number of carbonyl (C=O) groups excluding carboxylic acids is 2. The van der Waals surface area contributed by atoms with Crippen LogP contribution in [0.2, 0.25) is 0 Å². The maximum atomic E-state index is 15.0. The van der Waals surface area contributed by atoms with Crippen molar-refractivity contribution in [2.24, 2.45) is 0 Å². The van der Waals surface area contributed by atoms with E-state index in [1.807, 2.05) is 20.8 Å². The van der Waals surface area contributed by atoms with Crippen molar-refractivity contribution in [3.05, 3.63) is 54.2 Å². The fraction of sp³-hybridized carbons (Fsp3) is 0.448. The Kier molecular flexibility index (Phi) is 9.07. The van der Waals surface area contributed by atoms with E-state index in [1.54, 1.807) is 22.8 Å². The molecule has 0 radical (unpaired) electrons. The van der Waals surface area contributed by atoms with Crippen LogP contribution in [0.15, 0.2) is 41.6 Å². The zero-order valence-corrected chi connectivity index (χ0v) is 26.0. The van der Waals surface area contributed by atoms with Gasteiger partial charge >= 0.3 is 6.18 Å². The van der Waals surface area contributed by atoms with Crippen LogP contribution in [-0.2, 0) is 23.3 Å². The first kappa shape index (κ1) is 33.5. The van der Waals surface area contributed by atoms with Crippen LogP contribution in [0.1, 0.15) is 49.1 Å². The third-order valence-electron chi connectivity index (χ3n) is 7.39. The maximum Gasteiger partial charge on any atom is 0.394 e. The van der Waals surface area contributed by atoms with Gasteiger partial charge in [-0.2, -0.15) is 23.3 Å². The Morgan fingerprint density at radius 3 is 2.55 bits per heavy atom. The number of nitrogens with one attached hydrogen (secondary N) is 3. The zero-order chi connectivity index (χ0) is 34.3. The molecule has 0 aromatic carbocycles. The average Bonchev–Trinajstić information content (AvgIpc) is 3.72. The Hall–Kier alpha value is -4.87. The molecule has 4 aromatic rings. The highest BCUT2D eigenvalue weighted by Gasteiger charge is 2.35. The molecule has 2 amide bonds. The summed E-state index contributed by atoms with van der Waals surface area (Å²) in [5, 5.41) is 15.8. The molecule has 252 valence electrons. The fourth-order valence-corrected chi connectivity index (χ4v) is 5.01. The van der Waals surface area contributed by atoms with Gasteiger partial charge in [0.1, 0.15) is 11.9 Å². The van der Waals surface area contributed by atoms with E-state index in [0.29, 0.717) is 13.0 Å². The largest absolute Gasteiger partial charge is 0.394 e. The highest BCUT2D eigenvalue weighted by molar-refractivity contribution is 6.02. The number of carbonyl (C=O) groups is 2. The molecule has 2 atom stereocenters. The Labute approximate surface area is 265 Å². The molecule has 1 aliphatic rings. The van der Waals surface area contributed by atoms with Gasteiger partial charge in [-0.1, -0.05) is 11.7 Å². The van der Waals surface area contributed by atoms with Crippen molar-refractivity contribution >= 4 is 28.8 Å². The topological polar surface area (TPSA) is 148 Å². The molecule has 5 heterocycles. The van der Waals surface area contributed by atoms with Crippen molar-refractivity contribution in [3.8, 4) is 11.5 Å². The predicted molar refractivity (Wildman–Crippen MR) is 160 cm³/mol. The van der Waals surface area contributed by atoms with Crippen LogP contribution in [0.5, 0.6) is 0 Å². The van der Waals surface area contributed by atoms with Crippen molar-refractivity contribution in [1.82, 2.24) is 39.5 Å². The fourth-order valence-electron chi connectivity index (χ4n) is 5.01. The van der Waals surface area contributed by atoms with Gasteiger partial charge in [-0.15, -0.1) is 0 Å². The number of fused-ring (bicyclic) bond motifs is 1. The van der Waals surface area contributed by atoms with Crippen molar-refractivity contribution in [1.29, 1.82) is 0 Å². The Bertz CT molecular complexity index is 1810. The monoisotopic (exact) mass is 664 g/mol. The van der Waals surface area contributed by atoms with Crippen LogP contribution < -0.4 is 16.0 Å². The molecule has 0 aliphatic carbocycles. The average molecular weight is 665 g/mol. The number of piperidine rings is 1. The lowest BCUT2D eigenvalue weighted by molar-refractivity contribution is -0.127. The van der Waals surface area contributed by atoms with Gasteiger partial charge in [-0.05, 0) is 40.3 Å². The highest BCUT2D eigenvalue weighted by atomic mass is 19.4. The van der Waals surface area contributed by atoms with Gasteiger partial charge in [0, 0.05) is 25.5 Å². The second-order valence-corrected chi connectivity index (χ2v) is 12.3. The van der Waals surface area contributed by atoms with E-state index in [4.69, 9.17) is 4.52 Å². The number of halogens is 5. The van der Waals surface area contributed by atoms with Crippen molar-refractivity contribution < 1.29 is 36.1 Å². The Morgan fingerprint density at radius 1 is 1.17 bits per heavy atom. The number of anilines is 2. The van der Waals surface area contributed by atoms with E-state index in [2.05, 4.69) is 42.8 Å². The normalized spacial score (nSPS) is 17.6. The van der Waals surface area contributed by atoms with E-state index < -0.39 is 48.1 Å². The van der Waals surface area contributed by atoms with Crippen LogP contribution in [0.3, 0.4) is 0 Å². The van der Waals surface area contributed by atoms with E-state index in [-0.39, 0.29) is 58.6 Å². The number of imidazole rings is 1. The van der Waals surface area contributed by atoms with Gasteiger partial charge in [0.2, 0.25) is 11.7 Å². The van der Waals surface area contributed by atoms with Crippen molar-refractivity contribution in [2.75, 3.05) is 30.8 Å². The number of likely N-dealkylation sites (tertiary alicyclic amines) is 1. The van der Waals surface area contributed by atoms with Crippen LogP contribution in [0, 0.1) is 0 Å². The Morgan fingerprint density at radius 2 is 1.91 bits per heavy atom. The maximum absolute atomic E-state index is 15.0. The molecule has 0 spiro atoms. The minimum absolute atomic E-state index is 0.0574. The molecule has 47 heavy (non-hydrogen) atoms. The second kappa shape index (κ2) is 12.7. The van der Waals surface area contributed by atoms with Gasteiger partial charge < -0.3 is 25.4 Å². The first-order chi connectivity index (χ1) is 22.0. The van der Waals surface area contributed by atoms with Crippen LogP contribution >= 0.6 is 0 Å². The first-order valence-corrected chi connectivity index (χ1v) is 14.5. The number of alkyl halides is 4. The molecule has 0 saturated carbocycles. The molecule has 3 N–H and O–H groups in total. The molecule has 0 bridgehead atoms. The molecule has 13 nitrogen and oxygen atoms in total.